The van der Waals surface area contributed by atoms with Crippen LogP contribution >= 0.6 is 0 Å². The molecule has 10 nitrogen and oxygen atoms in total. The van der Waals surface area contributed by atoms with E-state index in [0.717, 1.165) is 45.8 Å². The van der Waals surface area contributed by atoms with E-state index in [9.17, 15) is 0 Å². The number of H-pyrrole nitrogens is 1. The van der Waals surface area contributed by atoms with Gasteiger partial charge in [0.05, 0.1) is 25.1 Å². The summed E-state index contributed by atoms with van der Waals surface area (Å²) >= 11 is 0. The monoisotopic (exact) mass is 554 g/mol. The van der Waals surface area contributed by atoms with E-state index >= 15 is 0 Å². The number of nitrogens with zero attached hydrogens (tertiary/aromatic N) is 6. The van der Waals surface area contributed by atoms with E-state index < -0.39 is 0 Å². The largest absolute Gasteiger partial charge is 0.493 e. The van der Waals surface area contributed by atoms with Crippen molar-refractivity contribution in [1.29, 1.82) is 0 Å². The Morgan fingerprint density at radius 2 is 1.68 bits per heavy atom. The van der Waals surface area contributed by atoms with Gasteiger partial charge in [0.2, 0.25) is 0 Å². The number of likely N-dealkylation sites (tertiary alicyclic amines) is 1. The van der Waals surface area contributed by atoms with Gasteiger partial charge in [-0.2, -0.15) is 0 Å². The van der Waals surface area contributed by atoms with Gasteiger partial charge in [-0.1, -0.05) is 24.6 Å². The normalized spacial score (nSPS) is 17.1. The van der Waals surface area contributed by atoms with Crippen LogP contribution in [0.1, 0.15) is 18.9 Å². The zero-order valence-electron chi connectivity index (χ0n) is 24.5. The Morgan fingerprint density at radius 1 is 0.951 bits per heavy atom. The second-order valence-corrected chi connectivity index (χ2v) is 10.6. The summed E-state index contributed by atoms with van der Waals surface area (Å²) in [6.07, 6.45) is 6.34. The molecule has 0 saturated carbocycles. The average molecular weight is 555 g/mol. The summed E-state index contributed by atoms with van der Waals surface area (Å²) in [5, 5.41) is 5.29. The number of methoxy groups -OCH3 is 2. The van der Waals surface area contributed by atoms with Gasteiger partial charge in [0.1, 0.15) is 29.9 Å². The molecule has 214 valence electrons. The van der Waals surface area contributed by atoms with Crippen molar-refractivity contribution in [3.05, 3.63) is 66.9 Å². The zero-order chi connectivity index (χ0) is 28.9. The van der Waals surface area contributed by atoms with Gasteiger partial charge in [-0.25, -0.2) is 19.9 Å². The first-order chi connectivity index (χ1) is 19.9. The number of aromatic nitrogens is 5. The molecule has 0 radical (unpaired) electrons. The number of hydrogen-bond donors (Lipinski definition) is 2. The van der Waals surface area contributed by atoms with E-state index in [0.29, 0.717) is 23.5 Å². The van der Waals surface area contributed by atoms with Gasteiger partial charge in [-0.3, -0.25) is 0 Å². The Labute approximate surface area is 240 Å². The summed E-state index contributed by atoms with van der Waals surface area (Å²) in [6.45, 7) is 6.67. The van der Waals surface area contributed by atoms with Crippen LogP contribution in [0.25, 0.3) is 21.9 Å². The minimum atomic E-state index is 0.506. The van der Waals surface area contributed by atoms with Crippen molar-refractivity contribution in [3.8, 4) is 11.5 Å². The van der Waals surface area contributed by atoms with Crippen LogP contribution in [-0.4, -0.2) is 77.3 Å². The third-order valence-electron chi connectivity index (χ3n) is 7.74. The summed E-state index contributed by atoms with van der Waals surface area (Å²) in [6, 6.07) is 14.4. The first-order valence-corrected chi connectivity index (χ1v) is 13.8. The van der Waals surface area contributed by atoms with Crippen LogP contribution in [0, 0.1) is 12.8 Å². The van der Waals surface area contributed by atoms with Crippen LogP contribution in [0.4, 0.5) is 17.3 Å². The number of aryl methyl sites for hydroxylation is 1. The van der Waals surface area contributed by atoms with Gasteiger partial charge in [-0.15, -0.1) is 0 Å². The maximum absolute atomic E-state index is 5.36. The molecule has 1 fully saturated rings. The number of likely N-dealkylation sites (N-methyl/N-ethyl adjacent to an activating group) is 2. The predicted molar refractivity (Wildman–Crippen MR) is 164 cm³/mol. The minimum absolute atomic E-state index is 0.506. The molecule has 2 aromatic carbocycles. The van der Waals surface area contributed by atoms with Crippen LogP contribution < -0.4 is 19.7 Å². The summed E-state index contributed by atoms with van der Waals surface area (Å²) in [5.41, 5.74) is 3.89. The highest BCUT2D eigenvalue weighted by atomic mass is 16.5. The lowest BCUT2D eigenvalue weighted by atomic mass is 9.92. The molecule has 6 rings (SSSR count). The quantitative estimate of drug-likeness (QED) is 0.284. The van der Waals surface area contributed by atoms with Gasteiger partial charge in [0, 0.05) is 43.0 Å². The van der Waals surface area contributed by atoms with Crippen LogP contribution in [0.5, 0.6) is 11.5 Å². The molecule has 3 aromatic heterocycles. The van der Waals surface area contributed by atoms with Gasteiger partial charge in [-0.05, 0) is 57.1 Å². The third-order valence-corrected chi connectivity index (χ3v) is 7.74. The van der Waals surface area contributed by atoms with Crippen LogP contribution in [0.2, 0.25) is 0 Å². The molecule has 41 heavy (non-hydrogen) atoms. The summed E-state index contributed by atoms with van der Waals surface area (Å²) in [4.78, 5) is 25.2. The second kappa shape index (κ2) is 12.4. The van der Waals surface area contributed by atoms with E-state index in [1.807, 2.05) is 30.5 Å². The standard InChI is InChI=1S/C17H17N3O2.C14H21N5/c1-11-4-6-12(7-5-11)20-17-13-8-15(21-2)16(22-3)9-14(13)18-10-19-17;1-10-5-7-18(2)8-12(10)19(3)14-11-4-6-15-13(11)16-9-17-14/h4-10H,1-3H3,(H,18,19,20);4,6,9-10,12H,5,7-8H2,1-3H3,(H,15,16,17). The summed E-state index contributed by atoms with van der Waals surface area (Å²) in [7, 11) is 7.56. The highest BCUT2D eigenvalue weighted by Gasteiger charge is 2.29. The number of piperidine rings is 1. The van der Waals surface area contributed by atoms with E-state index in [4.69, 9.17) is 9.47 Å². The molecule has 2 atom stereocenters. The van der Waals surface area contributed by atoms with Gasteiger partial charge < -0.3 is 29.6 Å². The van der Waals surface area contributed by atoms with Crippen molar-refractivity contribution in [2.24, 2.45) is 5.92 Å². The number of fused-ring (bicyclic) bond motifs is 2. The minimum Gasteiger partial charge on any atom is -0.493 e. The molecular weight excluding hydrogens is 516 g/mol. The highest BCUT2D eigenvalue weighted by molar-refractivity contribution is 5.93. The highest BCUT2D eigenvalue weighted by Crippen LogP contribution is 2.34. The Balaban J connectivity index is 0.000000166. The van der Waals surface area contributed by atoms with Gasteiger partial charge >= 0.3 is 0 Å². The molecule has 1 aliphatic rings. The Morgan fingerprint density at radius 3 is 2.44 bits per heavy atom. The van der Waals surface area contributed by atoms with Crippen molar-refractivity contribution < 1.29 is 9.47 Å². The lowest BCUT2D eigenvalue weighted by Gasteiger charge is -2.40. The fourth-order valence-corrected chi connectivity index (χ4v) is 5.26. The first kappa shape index (κ1) is 28.1. The lowest BCUT2D eigenvalue weighted by molar-refractivity contribution is 0.197. The number of hydrogen-bond acceptors (Lipinski definition) is 9. The molecule has 2 N–H and O–H groups in total. The van der Waals surface area contributed by atoms with Gasteiger partial charge in [0.15, 0.2) is 11.5 Å². The maximum atomic E-state index is 5.36. The van der Waals surface area contributed by atoms with E-state index in [2.05, 4.69) is 86.2 Å². The van der Waals surface area contributed by atoms with Gasteiger partial charge in [0.25, 0.3) is 0 Å². The van der Waals surface area contributed by atoms with Crippen LogP contribution in [0.3, 0.4) is 0 Å². The summed E-state index contributed by atoms with van der Waals surface area (Å²) < 4.78 is 10.7. The topological polar surface area (TPSA) is 104 Å². The third kappa shape index (κ3) is 6.17. The smallest absolute Gasteiger partial charge is 0.162 e. The SMILES string of the molecule is CC1CCN(C)CC1N(C)c1ncnc2[nH]ccc12.COc1cc2ncnc(Nc3ccc(C)cc3)c2cc1OC. The predicted octanol–water partition coefficient (Wildman–Crippen LogP) is 5.43. The fraction of sp³-hybridized carbons (Fsp3) is 0.355. The average Bonchev–Trinajstić information content (AvgIpc) is 3.48. The molecule has 4 heterocycles. The number of aromatic amines is 1. The molecule has 10 heteroatoms. The molecule has 0 amide bonds. The molecule has 5 aromatic rings. The van der Waals surface area contributed by atoms with Crippen molar-refractivity contribution in [3.63, 3.8) is 0 Å². The van der Waals surface area contributed by atoms with E-state index in [-0.39, 0.29) is 0 Å². The van der Waals surface area contributed by atoms with Crippen molar-refractivity contribution in [2.45, 2.75) is 26.3 Å². The van der Waals surface area contributed by atoms with Crippen molar-refractivity contribution >= 4 is 39.3 Å². The number of ether oxygens (including phenoxy) is 2. The molecule has 1 aliphatic heterocycles. The Kier molecular flexibility index (Phi) is 8.49. The molecule has 0 bridgehead atoms. The van der Waals surface area contributed by atoms with E-state index in [1.165, 1.54) is 24.9 Å². The van der Waals surface area contributed by atoms with Crippen LogP contribution in [-0.2, 0) is 0 Å². The zero-order valence-corrected chi connectivity index (χ0v) is 24.5. The lowest BCUT2D eigenvalue weighted by Crippen LogP contribution is -2.50. The second-order valence-electron chi connectivity index (χ2n) is 10.6. The molecule has 0 spiro atoms. The molecule has 1 saturated heterocycles. The number of rotatable bonds is 6. The van der Waals surface area contributed by atoms with Crippen molar-refractivity contribution in [1.82, 2.24) is 29.8 Å². The number of benzene rings is 2. The van der Waals surface area contributed by atoms with Crippen molar-refractivity contribution in [2.75, 3.05) is 51.6 Å². The Bertz CT molecular complexity index is 1600. The first-order valence-electron chi connectivity index (χ1n) is 13.8. The molecule has 2 unspecified atom stereocenters. The molecular formula is C31H38N8O2. The van der Waals surface area contributed by atoms with Crippen LogP contribution in [0.15, 0.2) is 61.3 Å². The maximum Gasteiger partial charge on any atom is 0.162 e. The number of nitrogens with one attached hydrogen (secondary N) is 2. The fourth-order valence-electron chi connectivity index (χ4n) is 5.26. The Hall–Kier alpha value is -4.44. The number of anilines is 3. The summed E-state index contributed by atoms with van der Waals surface area (Å²) in [5.74, 6) is 3.74. The molecule has 0 aliphatic carbocycles. The van der Waals surface area contributed by atoms with E-state index in [1.54, 1.807) is 20.5 Å².